The highest BCUT2D eigenvalue weighted by Gasteiger charge is 2.10. The van der Waals surface area contributed by atoms with E-state index in [1.807, 2.05) is 0 Å². The number of carbonyl (C=O) groups excluding carboxylic acids is 1. The standard InChI is InChI=1S/C12H12N4O2/c1-7-4-10(17)9(6-14-7)12(18)16-8-2-3-11(13)15-5-8/h2-6H,1H3,(H2,13,15)(H,14,17)(H,16,18). The number of aryl methyl sites for hydroxylation is 1. The van der Waals surface area contributed by atoms with Crippen molar-refractivity contribution in [1.82, 2.24) is 9.97 Å². The Kier molecular flexibility index (Phi) is 3.09. The van der Waals surface area contributed by atoms with E-state index in [2.05, 4.69) is 15.3 Å². The topological polar surface area (TPSA) is 101 Å². The number of H-pyrrole nitrogens is 1. The van der Waals surface area contributed by atoms with Crippen LogP contribution in [0.4, 0.5) is 11.5 Å². The summed E-state index contributed by atoms with van der Waals surface area (Å²) in [6, 6.07) is 4.55. The maximum Gasteiger partial charge on any atom is 0.261 e. The quantitative estimate of drug-likeness (QED) is 0.730. The van der Waals surface area contributed by atoms with E-state index in [0.717, 1.165) is 0 Å². The molecule has 2 heterocycles. The van der Waals surface area contributed by atoms with Crippen LogP contribution in [0.3, 0.4) is 0 Å². The van der Waals surface area contributed by atoms with Crippen molar-refractivity contribution in [2.24, 2.45) is 0 Å². The number of amides is 1. The van der Waals surface area contributed by atoms with Crippen LogP contribution in [-0.4, -0.2) is 15.9 Å². The van der Waals surface area contributed by atoms with Crippen molar-refractivity contribution in [2.45, 2.75) is 6.92 Å². The van der Waals surface area contributed by atoms with E-state index in [4.69, 9.17) is 5.73 Å². The summed E-state index contributed by atoms with van der Waals surface area (Å²) in [6.45, 7) is 1.74. The molecule has 0 aliphatic rings. The molecule has 4 N–H and O–H groups in total. The van der Waals surface area contributed by atoms with E-state index in [1.165, 1.54) is 18.5 Å². The summed E-state index contributed by atoms with van der Waals surface area (Å²) < 4.78 is 0. The second-order valence-corrected chi connectivity index (χ2v) is 3.82. The van der Waals surface area contributed by atoms with Gasteiger partial charge in [0.05, 0.1) is 11.9 Å². The molecule has 0 aliphatic heterocycles. The van der Waals surface area contributed by atoms with Gasteiger partial charge in [0.15, 0.2) is 5.43 Å². The summed E-state index contributed by atoms with van der Waals surface area (Å²) in [5.41, 5.74) is 6.34. The molecule has 0 atom stereocenters. The van der Waals surface area contributed by atoms with E-state index in [9.17, 15) is 9.59 Å². The van der Waals surface area contributed by atoms with Gasteiger partial charge in [0.25, 0.3) is 5.91 Å². The lowest BCUT2D eigenvalue weighted by atomic mass is 10.2. The molecular formula is C12H12N4O2. The molecule has 6 heteroatoms. The van der Waals surface area contributed by atoms with Crippen LogP contribution in [0.15, 0.2) is 35.4 Å². The van der Waals surface area contributed by atoms with Crippen LogP contribution in [0.25, 0.3) is 0 Å². The van der Waals surface area contributed by atoms with Crippen LogP contribution in [0.2, 0.25) is 0 Å². The number of hydrogen-bond acceptors (Lipinski definition) is 4. The van der Waals surface area contributed by atoms with Gasteiger partial charge in [0.1, 0.15) is 11.4 Å². The zero-order chi connectivity index (χ0) is 13.1. The maximum atomic E-state index is 11.8. The largest absolute Gasteiger partial charge is 0.384 e. The number of nitrogens with two attached hydrogens (primary N) is 1. The molecule has 18 heavy (non-hydrogen) atoms. The summed E-state index contributed by atoms with van der Waals surface area (Å²) >= 11 is 0. The van der Waals surface area contributed by atoms with E-state index < -0.39 is 5.91 Å². The third-order valence-electron chi connectivity index (χ3n) is 2.35. The SMILES string of the molecule is Cc1cc(=O)c(C(=O)Nc2ccc(N)nc2)c[nH]1. The third kappa shape index (κ3) is 2.54. The molecule has 92 valence electrons. The average Bonchev–Trinajstić information content (AvgIpc) is 2.32. The zero-order valence-electron chi connectivity index (χ0n) is 9.73. The number of nitrogens with zero attached hydrogens (tertiary/aromatic N) is 1. The predicted octanol–water partition coefficient (Wildman–Crippen LogP) is 0.913. The van der Waals surface area contributed by atoms with E-state index in [0.29, 0.717) is 17.2 Å². The number of pyridine rings is 2. The first kappa shape index (κ1) is 11.8. The van der Waals surface area contributed by atoms with E-state index in [-0.39, 0.29) is 11.0 Å². The van der Waals surface area contributed by atoms with Gasteiger partial charge in [-0.05, 0) is 19.1 Å². The van der Waals surface area contributed by atoms with Crippen LogP contribution in [0.5, 0.6) is 0 Å². The first-order chi connectivity index (χ1) is 8.56. The Balaban J connectivity index is 2.22. The van der Waals surface area contributed by atoms with Gasteiger partial charge in [-0.25, -0.2) is 4.98 Å². The van der Waals surface area contributed by atoms with Crippen molar-refractivity contribution in [3.8, 4) is 0 Å². The molecule has 2 aromatic heterocycles. The van der Waals surface area contributed by atoms with Gasteiger partial charge in [-0.2, -0.15) is 0 Å². The molecule has 0 bridgehead atoms. The van der Waals surface area contributed by atoms with Gasteiger partial charge in [-0.15, -0.1) is 0 Å². The molecule has 0 radical (unpaired) electrons. The first-order valence-corrected chi connectivity index (χ1v) is 5.28. The minimum Gasteiger partial charge on any atom is -0.384 e. The highest BCUT2D eigenvalue weighted by Crippen LogP contribution is 2.08. The fraction of sp³-hybridized carbons (Fsp3) is 0.0833. The summed E-state index contributed by atoms with van der Waals surface area (Å²) in [4.78, 5) is 30.1. The van der Waals surface area contributed by atoms with Gasteiger partial charge < -0.3 is 16.0 Å². The van der Waals surface area contributed by atoms with Crippen LogP contribution in [0, 0.1) is 6.92 Å². The second kappa shape index (κ2) is 4.70. The van der Waals surface area contributed by atoms with Gasteiger partial charge in [0.2, 0.25) is 0 Å². The normalized spacial score (nSPS) is 10.1. The lowest BCUT2D eigenvalue weighted by Gasteiger charge is -2.04. The Hall–Kier alpha value is -2.63. The average molecular weight is 244 g/mol. The van der Waals surface area contributed by atoms with E-state index >= 15 is 0 Å². The highest BCUT2D eigenvalue weighted by atomic mass is 16.2. The number of anilines is 2. The lowest BCUT2D eigenvalue weighted by molar-refractivity contribution is 0.102. The molecular weight excluding hydrogens is 232 g/mol. The fourth-order valence-corrected chi connectivity index (χ4v) is 1.43. The molecule has 6 nitrogen and oxygen atoms in total. The van der Waals surface area contributed by atoms with Crippen molar-refractivity contribution >= 4 is 17.4 Å². The molecule has 0 aromatic carbocycles. The molecule has 0 saturated heterocycles. The predicted molar refractivity (Wildman–Crippen MR) is 68.4 cm³/mol. The number of carbonyl (C=O) groups is 1. The van der Waals surface area contributed by atoms with Crippen molar-refractivity contribution < 1.29 is 4.79 Å². The summed E-state index contributed by atoms with van der Waals surface area (Å²) in [5.74, 6) is -0.121. The van der Waals surface area contributed by atoms with Gasteiger partial charge in [-0.1, -0.05) is 0 Å². The van der Waals surface area contributed by atoms with Crippen molar-refractivity contribution in [1.29, 1.82) is 0 Å². The molecule has 0 fully saturated rings. The smallest absolute Gasteiger partial charge is 0.261 e. The Morgan fingerprint density at radius 2 is 2.22 bits per heavy atom. The number of aromatic nitrogens is 2. The monoisotopic (exact) mass is 244 g/mol. The second-order valence-electron chi connectivity index (χ2n) is 3.82. The van der Waals surface area contributed by atoms with Crippen LogP contribution in [-0.2, 0) is 0 Å². The number of aromatic amines is 1. The zero-order valence-corrected chi connectivity index (χ0v) is 9.73. The van der Waals surface area contributed by atoms with Gasteiger partial charge in [0, 0.05) is 18.0 Å². The molecule has 0 saturated carbocycles. The number of nitrogen functional groups attached to an aromatic ring is 1. The van der Waals surface area contributed by atoms with Crippen molar-refractivity contribution in [3.05, 3.63) is 52.1 Å². The number of rotatable bonds is 2. The Labute approximate surface area is 103 Å². The minimum absolute atomic E-state index is 0.0532. The Morgan fingerprint density at radius 1 is 1.44 bits per heavy atom. The lowest BCUT2D eigenvalue weighted by Crippen LogP contribution is -2.21. The molecule has 1 amide bonds. The van der Waals surface area contributed by atoms with Gasteiger partial charge >= 0.3 is 0 Å². The molecule has 2 rings (SSSR count). The van der Waals surface area contributed by atoms with Crippen LogP contribution < -0.4 is 16.5 Å². The molecule has 0 aliphatic carbocycles. The Morgan fingerprint density at radius 3 is 2.83 bits per heavy atom. The van der Waals surface area contributed by atoms with Crippen molar-refractivity contribution in [2.75, 3.05) is 11.1 Å². The minimum atomic E-state index is -0.483. The summed E-state index contributed by atoms with van der Waals surface area (Å²) in [7, 11) is 0. The summed E-state index contributed by atoms with van der Waals surface area (Å²) in [6.07, 6.45) is 2.81. The molecule has 0 spiro atoms. The highest BCUT2D eigenvalue weighted by molar-refractivity contribution is 6.03. The van der Waals surface area contributed by atoms with E-state index in [1.54, 1.807) is 19.1 Å². The number of hydrogen-bond donors (Lipinski definition) is 3. The summed E-state index contributed by atoms with van der Waals surface area (Å²) in [5, 5.41) is 2.57. The van der Waals surface area contributed by atoms with Crippen LogP contribution in [0.1, 0.15) is 16.1 Å². The van der Waals surface area contributed by atoms with Gasteiger partial charge in [-0.3, -0.25) is 9.59 Å². The number of nitrogens with one attached hydrogen (secondary N) is 2. The van der Waals surface area contributed by atoms with Crippen LogP contribution >= 0.6 is 0 Å². The Bertz CT molecular complexity index is 631. The maximum absolute atomic E-state index is 11.8. The molecule has 0 unspecified atom stereocenters. The first-order valence-electron chi connectivity index (χ1n) is 5.28. The third-order valence-corrected chi connectivity index (χ3v) is 2.35. The van der Waals surface area contributed by atoms with Crippen molar-refractivity contribution in [3.63, 3.8) is 0 Å². The molecule has 2 aromatic rings. The fourth-order valence-electron chi connectivity index (χ4n) is 1.43.